The number of hydrogen-bond acceptors (Lipinski definition) is 7. The molecule has 0 saturated heterocycles. The van der Waals surface area contributed by atoms with Gasteiger partial charge in [-0.15, -0.1) is 0 Å². The first kappa shape index (κ1) is 33.3. The van der Waals surface area contributed by atoms with E-state index in [0.29, 0.717) is 6.54 Å². The Morgan fingerprint density at radius 1 is 1.09 bits per heavy atom. The molecule has 13 heteroatoms. The number of sulfonamides is 1. The normalized spacial score (nSPS) is 11.8. The van der Waals surface area contributed by atoms with Crippen molar-refractivity contribution >= 4 is 44.8 Å². The van der Waals surface area contributed by atoms with Crippen LogP contribution in [0.5, 0.6) is 5.75 Å². The fourth-order valence-electron chi connectivity index (χ4n) is 4.34. The standard InChI is InChI=1S/C30H35ClN4O7S/c1-5-6-16-32-30(37)22(3)33(19-23-10-8-7-9-11-23)29(36)20-34(27-17-24(31)13-15-28(27)42-4)43(40,41)25-14-12-21(2)26(18-25)35(38)39/h7-15,17-18,22H,5-6,16,19-20H2,1-4H3,(H,32,37)/t22-/m1/s1. The number of nitrogens with one attached hydrogen (secondary N) is 1. The lowest BCUT2D eigenvalue weighted by atomic mass is 10.1. The van der Waals surface area contributed by atoms with Crippen molar-refractivity contribution in [2.75, 3.05) is 24.5 Å². The summed E-state index contributed by atoms with van der Waals surface area (Å²) in [5, 5.41) is 14.6. The minimum absolute atomic E-state index is 0.0264. The molecule has 0 aliphatic carbocycles. The Balaban J connectivity index is 2.12. The summed E-state index contributed by atoms with van der Waals surface area (Å²) < 4.78 is 34.5. The van der Waals surface area contributed by atoms with Crippen molar-refractivity contribution in [3.05, 3.63) is 93.0 Å². The highest BCUT2D eigenvalue weighted by Crippen LogP contribution is 2.36. The number of nitrogens with zero attached hydrogens (tertiary/aromatic N) is 3. The summed E-state index contributed by atoms with van der Waals surface area (Å²) in [5.41, 5.74) is 0.552. The van der Waals surface area contributed by atoms with Crippen LogP contribution in [0, 0.1) is 17.0 Å². The van der Waals surface area contributed by atoms with Crippen LogP contribution in [0.2, 0.25) is 5.02 Å². The van der Waals surface area contributed by atoms with Gasteiger partial charge in [-0.05, 0) is 50.1 Å². The molecule has 0 fully saturated rings. The van der Waals surface area contributed by atoms with E-state index in [9.17, 15) is 28.1 Å². The van der Waals surface area contributed by atoms with Crippen LogP contribution < -0.4 is 14.4 Å². The van der Waals surface area contributed by atoms with E-state index < -0.39 is 44.0 Å². The average molecular weight is 631 g/mol. The highest BCUT2D eigenvalue weighted by atomic mass is 35.5. The zero-order valence-corrected chi connectivity index (χ0v) is 26.0. The van der Waals surface area contributed by atoms with E-state index in [1.54, 1.807) is 31.2 Å². The Bertz CT molecular complexity index is 1570. The van der Waals surface area contributed by atoms with Crippen LogP contribution in [-0.2, 0) is 26.2 Å². The topological polar surface area (TPSA) is 139 Å². The summed E-state index contributed by atoms with van der Waals surface area (Å²) in [6, 6.07) is 15.8. The van der Waals surface area contributed by atoms with E-state index in [1.165, 1.54) is 49.3 Å². The maximum Gasteiger partial charge on any atom is 0.273 e. The fourth-order valence-corrected chi connectivity index (χ4v) is 5.95. The Morgan fingerprint density at radius 3 is 2.42 bits per heavy atom. The lowest BCUT2D eigenvalue weighted by molar-refractivity contribution is -0.385. The molecule has 0 saturated carbocycles. The average Bonchev–Trinajstić information content (AvgIpc) is 2.98. The zero-order valence-electron chi connectivity index (χ0n) is 24.4. The van der Waals surface area contributed by atoms with Crippen LogP contribution in [-0.4, -0.2) is 56.3 Å². The maximum absolute atomic E-state index is 14.1. The van der Waals surface area contributed by atoms with Gasteiger partial charge >= 0.3 is 0 Å². The number of hydrogen-bond donors (Lipinski definition) is 1. The van der Waals surface area contributed by atoms with E-state index in [2.05, 4.69) is 5.32 Å². The molecule has 0 aromatic heterocycles. The molecule has 1 N–H and O–H groups in total. The predicted octanol–water partition coefficient (Wildman–Crippen LogP) is 5.09. The summed E-state index contributed by atoms with van der Waals surface area (Å²) in [7, 11) is -3.27. The Hall–Kier alpha value is -4.16. The molecule has 0 spiro atoms. The van der Waals surface area contributed by atoms with Gasteiger partial charge in [-0.3, -0.25) is 24.0 Å². The van der Waals surface area contributed by atoms with Crippen molar-refractivity contribution < 1.29 is 27.7 Å². The van der Waals surface area contributed by atoms with E-state index in [0.717, 1.165) is 28.8 Å². The van der Waals surface area contributed by atoms with E-state index >= 15 is 0 Å². The number of nitro groups is 1. The molecular weight excluding hydrogens is 596 g/mol. The first-order valence-electron chi connectivity index (χ1n) is 13.6. The molecular formula is C30H35ClN4O7S. The van der Waals surface area contributed by atoms with Gasteiger partial charge in [0.1, 0.15) is 18.3 Å². The van der Waals surface area contributed by atoms with Crippen molar-refractivity contribution in [3.63, 3.8) is 0 Å². The van der Waals surface area contributed by atoms with E-state index in [-0.39, 0.29) is 34.5 Å². The van der Waals surface area contributed by atoms with Gasteiger partial charge in [0.2, 0.25) is 11.8 Å². The van der Waals surface area contributed by atoms with Crippen molar-refractivity contribution in [3.8, 4) is 5.75 Å². The van der Waals surface area contributed by atoms with Gasteiger partial charge in [0.05, 0.1) is 22.6 Å². The lowest BCUT2D eigenvalue weighted by Crippen LogP contribution is -2.51. The van der Waals surface area contributed by atoms with Gasteiger partial charge in [-0.1, -0.05) is 61.3 Å². The number of methoxy groups -OCH3 is 1. The van der Waals surface area contributed by atoms with Gasteiger partial charge in [-0.2, -0.15) is 0 Å². The van der Waals surface area contributed by atoms with Crippen molar-refractivity contribution in [2.24, 2.45) is 0 Å². The molecule has 3 aromatic rings. The number of nitro benzene ring substituents is 1. The third-order valence-corrected chi connectivity index (χ3v) is 8.84. The number of carbonyl (C=O) groups excluding carboxylic acids is 2. The SMILES string of the molecule is CCCCNC(=O)[C@@H](C)N(Cc1ccccc1)C(=O)CN(c1cc(Cl)ccc1OC)S(=O)(=O)c1ccc(C)c([N+](=O)[O-])c1. The van der Waals surface area contributed by atoms with Crippen molar-refractivity contribution in [2.45, 2.75) is 51.1 Å². The summed E-state index contributed by atoms with van der Waals surface area (Å²) in [6.45, 7) is 4.76. The summed E-state index contributed by atoms with van der Waals surface area (Å²) in [6.07, 6.45) is 1.63. The summed E-state index contributed by atoms with van der Waals surface area (Å²) in [5.74, 6) is -0.974. The minimum Gasteiger partial charge on any atom is -0.495 e. The second kappa shape index (κ2) is 14.8. The summed E-state index contributed by atoms with van der Waals surface area (Å²) >= 11 is 6.25. The van der Waals surface area contributed by atoms with E-state index in [4.69, 9.17) is 16.3 Å². The Kier molecular flexibility index (Phi) is 11.5. The molecule has 3 rings (SSSR count). The van der Waals surface area contributed by atoms with Gasteiger partial charge in [0, 0.05) is 29.7 Å². The maximum atomic E-state index is 14.1. The van der Waals surface area contributed by atoms with Crippen LogP contribution in [0.4, 0.5) is 11.4 Å². The number of unbranched alkanes of at least 4 members (excludes halogenated alkanes) is 1. The lowest BCUT2D eigenvalue weighted by Gasteiger charge is -2.32. The largest absolute Gasteiger partial charge is 0.495 e. The van der Waals surface area contributed by atoms with Crippen LogP contribution in [0.1, 0.15) is 37.8 Å². The van der Waals surface area contributed by atoms with Crippen LogP contribution in [0.15, 0.2) is 71.6 Å². The number of amides is 2. The molecule has 0 heterocycles. The number of rotatable bonds is 14. The molecule has 230 valence electrons. The van der Waals surface area contributed by atoms with Gasteiger partial charge in [0.25, 0.3) is 15.7 Å². The van der Waals surface area contributed by atoms with E-state index in [1.807, 2.05) is 13.0 Å². The quantitative estimate of drug-likeness (QED) is 0.149. The second-order valence-electron chi connectivity index (χ2n) is 9.86. The molecule has 43 heavy (non-hydrogen) atoms. The number of anilines is 1. The highest BCUT2D eigenvalue weighted by Gasteiger charge is 2.34. The molecule has 0 bridgehead atoms. The molecule has 0 aliphatic rings. The van der Waals surface area contributed by atoms with Crippen LogP contribution >= 0.6 is 11.6 Å². The third-order valence-electron chi connectivity index (χ3n) is 6.85. The number of benzene rings is 3. The molecule has 0 unspecified atom stereocenters. The Labute approximate surface area is 256 Å². The molecule has 0 radical (unpaired) electrons. The molecule has 11 nitrogen and oxygen atoms in total. The van der Waals surface area contributed by atoms with Crippen LogP contribution in [0.3, 0.4) is 0 Å². The number of halogens is 1. The van der Waals surface area contributed by atoms with Gasteiger partial charge in [-0.25, -0.2) is 8.42 Å². The molecule has 1 atom stereocenters. The molecule has 2 amide bonds. The molecule has 0 aliphatic heterocycles. The highest BCUT2D eigenvalue weighted by molar-refractivity contribution is 7.92. The second-order valence-corrected chi connectivity index (χ2v) is 12.2. The first-order valence-corrected chi connectivity index (χ1v) is 15.4. The fraction of sp³-hybridized carbons (Fsp3) is 0.333. The molecule has 3 aromatic carbocycles. The summed E-state index contributed by atoms with van der Waals surface area (Å²) in [4.78, 5) is 39.0. The minimum atomic E-state index is -4.60. The first-order chi connectivity index (χ1) is 20.4. The number of aryl methyl sites for hydroxylation is 1. The van der Waals surface area contributed by atoms with Gasteiger partial charge < -0.3 is 15.0 Å². The number of ether oxygens (including phenoxy) is 1. The smallest absolute Gasteiger partial charge is 0.273 e. The third kappa shape index (κ3) is 8.23. The zero-order chi connectivity index (χ0) is 31.7. The monoisotopic (exact) mass is 630 g/mol. The number of carbonyl (C=O) groups is 2. The van der Waals surface area contributed by atoms with Crippen LogP contribution in [0.25, 0.3) is 0 Å². The Morgan fingerprint density at radius 2 is 1.79 bits per heavy atom. The predicted molar refractivity (Wildman–Crippen MR) is 165 cm³/mol. The van der Waals surface area contributed by atoms with Crippen molar-refractivity contribution in [1.82, 2.24) is 10.2 Å². The van der Waals surface area contributed by atoms with Gasteiger partial charge in [0.15, 0.2) is 0 Å². The van der Waals surface area contributed by atoms with Crippen molar-refractivity contribution in [1.29, 1.82) is 0 Å².